The molecule has 0 aromatic carbocycles. The first-order valence-electron chi connectivity index (χ1n) is 10.0. The van der Waals surface area contributed by atoms with Crippen molar-refractivity contribution in [2.75, 3.05) is 59.9 Å². The number of aliphatic imine (C=N–C) groups is 1. The number of likely N-dealkylation sites (N-methyl/N-ethyl adjacent to an activating group) is 1. The first-order chi connectivity index (χ1) is 11.7. The van der Waals surface area contributed by atoms with Crippen molar-refractivity contribution in [2.24, 2.45) is 10.9 Å². The molecule has 0 radical (unpaired) electrons. The Balaban J connectivity index is 0.00000576. The van der Waals surface area contributed by atoms with Gasteiger partial charge in [0.25, 0.3) is 0 Å². The lowest BCUT2D eigenvalue weighted by Crippen LogP contribution is -2.44. The van der Waals surface area contributed by atoms with Gasteiger partial charge in [-0.25, -0.2) is 0 Å². The normalized spacial score (nSPS) is 17.8. The second kappa shape index (κ2) is 16.1. The molecular weight excluding hydrogens is 425 g/mol. The van der Waals surface area contributed by atoms with E-state index in [9.17, 15) is 0 Å². The Morgan fingerprint density at radius 1 is 1.04 bits per heavy atom. The zero-order chi connectivity index (χ0) is 17.6. The molecule has 1 aliphatic heterocycles. The third-order valence-electron chi connectivity index (χ3n) is 5.11. The third kappa shape index (κ3) is 12.0. The molecule has 25 heavy (non-hydrogen) atoms. The zero-order valence-corrected chi connectivity index (χ0v) is 19.3. The molecule has 150 valence electrons. The van der Waals surface area contributed by atoms with Gasteiger partial charge in [0.15, 0.2) is 5.96 Å². The van der Waals surface area contributed by atoms with Gasteiger partial charge in [-0.1, -0.05) is 33.1 Å². The molecule has 0 amide bonds. The predicted octanol–water partition coefficient (Wildman–Crippen LogP) is 3.01. The van der Waals surface area contributed by atoms with Crippen LogP contribution in [0.2, 0.25) is 0 Å². The SMILES string of the molecule is CCCCC(CC)CNC(=NC)NCCCCN1CCN(C)CC1.I. The van der Waals surface area contributed by atoms with Crippen LogP contribution in [0.25, 0.3) is 0 Å². The zero-order valence-electron chi connectivity index (χ0n) is 17.0. The minimum Gasteiger partial charge on any atom is -0.356 e. The minimum atomic E-state index is 0. The summed E-state index contributed by atoms with van der Waals surface area (Å²) < 4.78 is 0. The molecule has 0 aliphatic carbocycles. The topological polar surface area (TPSA) is 42.9 Å². The molecule has 0 saturated carbocycles. The lowest BCUT2D eigenvalue weighted by atomic mass is 9.99. The van der Waals surface area contributed by atoms with E-state index in [4.69, 9.17) is 0 Å². The van der Waals surface area contributed by atoms with Gasteiger partial charge in [-0.15, -0.1) is 24.0 Å². The lowest BCUT2D eigenvalue weighted by Gasteiger charge is -2.32. The fourth-order valence-electron chi connectivity index (χ4n) is 3.14. The van der Waals surface area contributed by atoms with Crippen molar-refractivity contribution in [3.05, 3.63) is 0 Å². The molecule has 1 aliphatic rings. The van der Waals surface area contributed by atoms with Crippen molar-refractivity contribution in [1.29, 1.82) is 0 Å². The maximum absolute atomic E-state index is 4.35. The van der Waals surface area contributed by atoms with Gasteiger partial charge in [-0.3, -0.25) is 4.99 Å². The van der Waals surface area contributed by atoms with Crippen LogP contribution in [-0.2, 0) is 0 Å². The lowest BCUT2D eigenvalue weighted by molar-refractivity contribution is 0.152. The van der Waals surface area contributed by atoms with Crippen molar-refractivity contribution >= 4 is 29.9 Å². The van der Waals surface area contributed by atoms with E-state index >= 15 is 0 Å². The third-order valence-corrected chi connectivity index (χ3v) is 5.11. The number of rotatable bonds is 11. The second-order valence-electron chi connectivity index (χ2n) is 7.15. The Hall–Kier alpha value is -0.0800. The molecule has 6 heteroatoms. The van der Waals surface area contributed by atoms with Gasteiger partial charge in [0.05, 0.1) is 0 Å². The Kier molecular flexibility index (Phi) is 16.1. The van der Waals surface area contributed by atoms with E-state index < -0.39 is 0 Å². The van der Waals surface area contributed by atoms with Crippen LogP contribution in [0, 0.1) is 5.92 Å². The summed E-state index contributed by atoms with van der Waals surface area (Å²) in [7, 11) is 4.08. The summed E-state index contributed by atoms with van der Waals surface area (Å²) in [5.41, 5.74) is 0. The molecule has 0 bridgehead atoms. The second-order valence-corrected chi connectivity index (χ2v) is 7.15. The summed E-state index contributed by atoms with van der Waals surface area (Å²) in [6.07, 6.45) is 7.66. The summed E-state index contributed by atoms with van der Waals surface area (Å²) in [6, 6.07) is 0. The molecule has 0 aromatic rings. The number of hydrogen-bond donors (Lipinski definition) is 2. The highest BCUT2D eigenvalue weighted by Gasteiger charge is 2.12. The maximum Gasteiger partial charge on any atom is 0.190 e. The number of piperazine rings is 1. The van der Waals surface area contributed by atoms with E-state index in [0.29, 0.717) is 0 Å². The van der Waals surface area contributed by atoms with Gasteiger partial charge in [0.1, 0.15) is 0 Å². The first-order valence-corrected chi connectivity index (χ1v) is 10.0. The van der Waals surface area contributed by atoms with Crippen LogP contribution >= 0.6 is 24.0 Å². The Labute approximate surface area is 173 Å². The molecule has 1 fully saturated rings. The van der Waals surface area contributed by atoms with Crippen molar-refractivity contribution in [3.8, 4) is 0 Å². The van der Waals surface area contributed by atoms with Gasteiger partial charge < -0.3 is 20.4 Å². The molecule has 0 aromatic heterocycles. The van der Waals surface area contributed by atoms with E-state index in [1.54, 1.807) is 0 Å². The summed E-state index contributed by atoms with van der Waals surface area (Å²) in [5, 5.41) is 6.96. The number of halogens is 1. The molecule has 1 unspecified atom stereocenters. The molecule has 1 atom stereocenters. The average molecular weight is 467 g/mol. The van der Waals surface area contributed by atoms with Gasteiger partial charge >= 0.3 is 0 Å². The van der Waals surface area contributed by atoms with E-state index in [-0.39, 0.29) is 24.0 Å². The standard InChI is InChI=1S/C19H41N5.HI/c1-5-7-10-18(6-2)17-22-19(20-3)21-11-8-9-12-24-15-13-23(4)14-16-24;/h18H,5-17H2,1-4H3,(H2,20,21,22);1H. The molecule has 5 nitrogen and oxygen atoms in total. The maximum atomic E-state index is 4.35. The summed E-state index contributed by atoms with van der Waals surface area (Å²) in [4.78, 5) is 9.35. The van der Waals surface area contributed by atoms with Gasteiger partial charge in [-0.05, 0) is 38.8 Å². The summed E-state index contributed by atoms with van der Waals surface area (Å²) in [5.74, 6) is 1.73. The summed E-state index contributed by atoms with van der Waals surface area (Å²) >= 11 is 0. The highest BCUT2D eigenvalue weighted by atomic mass is 127. The van der Waals surface area contributed by atoms with Crippen LogP contribution in [0.4, 0.5) is 0 Å². The van der Waals surface area contributed by atoms with Crippen LogP contribution in [0.15, 0.2) is 4.99 Å². The van der Waals surface area contributed by atoms with E-state index in [1.165, 1.54) is 71.2 Å². The molecule has 2 N–H and O–H groups in total. The Morgan fingerprint density at radius 2 is 1.76 bits per heavy atom. The van der Waals surface area contributed by atoms with Crippen LogP contribution in [0.5, 0.6) is 0 Å². The van der Waals surface area contributed by atoms with Crippen molar-refractivity contribution in [2.45, 2.75) is 52.4 Å². The highest BCUT2D eigenvalue weighted by Crippen LogP contribution is 2.11. The van der Waals surface area contributed by atoms with Gasteiger partial charge in [0, 0.05) is 46.3 Å². The van der Waals surface area contributed by atoms with Crippen LogP contribution in [0.1, 0.15) is 52.4 Å². The summed E-state index contributed by atoms with van der Waals surface area (Å²) in [6.45, 7) is 12.7. The first kappa shape index (κ1) is 24.9. The smallest absolute Gasteiger partial charge is 0.190 e. The van der Waals surface area contributed by atoms with Gasteiger partial charge in [0.2, 0.25) is 0 Å². The molecular formula is C19H42IN5. The molecule has 1 saturated heterocycles. The van der Waals surface area contributed by atoms with Gasteiger partial charge in [-0.2, -0.15) is 0 Å². The minimum absolute atomic E-state index is 0. The monoisotopic (exact) mass is 467 g/mol. The van der Waals surface area contributed by atoms with E-state index in [0.717, 1.165) is 25.0 Å². The van der Waals surface area contributed by atoms with E-state index in [1.807, 2.05) is 7.05 Å². The quantitative estimate of drug-likeness (QED) is 0.212. The van der Waals surface area contributed by atoms with Crippen molar-refractivity contribution in [3.63, 3.8) is 0 Å². The largest absolute Gasteiger partial charge is 0.356 e. The van der Waals surface area contributed by atoms with Crippen LogP contribution < -0.4 is 10.6 Å². The Bertz CT molecular complexity index is 330. The number of nitrogens with zero attached hydrogens (tertiary/aromatic N) is 3. The number of hydrogen-bond acceptors (Lipinski definition) is 3. The van der Waals surface area contributed by atoms with Crippen molar-refractivity contribution < 1.29 is 0 Å². The highest BCUT2D eigenvalue weighted by molar-refractivity contribution is 14.0. The van der Waals surface area contributed by atoms with Crippen molar-refractivity contribution in [1.82, 2.24) is 20.4 Å². The number of unbranched alkanes of at least 4 members (excludes halogenated alkanes) is 2. The predicted molar refractivity (Wildman–Crippen MR) is 121 cm³/mol. The fourth-order valence-corrected chi connectivity index (χ4v) is 3.14. The molecule has 0 spiro atoms. The number of nitrogens with one attached hydrogen (secondary N) is 2. The molecule has 1 heterocycles. The number of guanidine groups is 1. The fraction of sp³-hybridized carbons (Fsp3) is 0.947. The average Bonchev–Trinajstić information content (AvgIpc) is 2.61. The van der Waals surface area contributed by atoms with Crippen LogP contribution in [-0.4, -0.2) is 75.7 Å². The van der Waals surface area contributed by atoms with Crippen LogP contribution in [0.3, 0.4) is 0 Å². The molecule has 1 rings (SSSR count). The Morgan fingerprint density at radius 3 is 2.36 bits per heavy atom. The van der Waals surface area contributed by atoms with E-state index in [2.05, 4.69) is 46.3 Å².